The Balaban J connectivity index is 0.00000324. The van der Waals surface area contributed by atoms with E-state index in [-0.39, 0.29) is 19.9 Å². The molecule has 1 aromatic carbocycles. The van der Waals surface area contributed by atoms with Crippen molar-refractivity contribution < 1.29 is 9.90 Å². The maximum atomic E-state index is 13.1. The SMILES string of the molecule is C.O=C(NCC12CCCC(CCC1)C2)c1cc(CCCN(CCO)C2CCCCC2)ccc1Cl. The number of carbonyl (C=O) groups excluding carboxylic acids is 1. The van der Waals surface area contributed by atoms with Crippen LogP contribution < -0.4 is 5.32 Å². The van der Waals surface area contributed by atoms with E-state index in [1.165, 1.54) is 82.6 Å². The van der Waals surface area contributed by atoms with Gasteiger partial charge in [0.2, 0.25) is 0 Å². The van der Waals surface area contributed by atoms with Gasteiger partial charge in [-0.2, -0.15) is 0 Å². The number of rotatable bonds is 10. The minimum Gasteiger partial charge on any atom is -0.395 e. The van der Waals surface area contributed by atoms with E-state index in [4.69, 9.17) is 11.6 Å². The number of benzene rings is 1. The molecule has 192 valence electrons. The molecule has 2 N–H and O–H groups in total. The summed E-state index contributed by atoms with van der Waals surface area (Å²) >= 11 is 6.45. The van der Waals surface area contributed by atoms with Gasteiger partial charge in [-0.15, -0.1) is 0 Å². The van der Waals surface area contributed by atoms with Crippen molar-refractivity contribution >= 4 is 17.5 Å². The summed E-state index contributed by atoms with van der Waals surface area (Å²) in [5, 5.41) is 13.3. The maximum Gasteiger partial charge on any atom is 0.252 e. The van der Waals surface area contributed by atoms with Crippen molar-refractivity contribution in [1.82, 2.24) is 10.2 Å². The molecule has 2 bridgehead atoms. The molecule has 4 nitrogen and oxygen atoms in total. The molecule has 0 unspecified atom stereocenters. The average molecular weight is 491 g/mol. The number of amides is 1. The number of aryl methyl sites for hydroxylation is 1. The summed E-state index contributed by atoms with van der Waals surface area (Å²) in [4.78, 5) is 15.5. The van der Waals surface area contributed by atoms with Crippen molar-refractivity contribution in [3.63, 3.8) is 0 Å². The molecular weight excluding hydrogens is 444 g/mol. The van der Waals surface area contributed by atoms with Gasteiger partial charge in [0.25, 0.3) is 5.91 Å². The molecule has 0 atom stereocenters. The maximum absolute atomic E-state index is 13.1. The highest BCUT2D eigenvalue weighted by Crippen LogP contribution is 2.48. The van der Waals surface area contributed by atoms with Gasteiger partial charge >= 0.3 is 0 Å². The quantitative estimate of drug-likeness (QED) is 0.387. The molecule has 0 radical (unpaired) electrons. The Labute approximate surface area is 212 Å². The van der Waals surface area contributed by atoms with E-state index in [9.17, 15) is 9.90 Å². The predicted molar refractivity (Wildman–Crippen MR) is 143 cm³/mol. The number of hydrogen-bond donors (Lipinski definition) is 2. The van der Waals surface area contributed by atoms with Crippen LogP contribution in [-0.2, 0) is 6.42 Å². The first-order chi connectivity index (χ1) is 16.1. The number of halogens is 1. The first-order valence-electron chi connectivity index (χ1n) is 13.5. The fourth-order valence-electron chi connectivity index (χ4n) is 6.87. The van der Waals surface area contributed by atoms with Crippen molar-refractivity contribution in [1.29, 1.82) is 0 Å². The number of fused-ring (bicyclic) bond motifs is 2. The molecule has 0 aromatic heterocycles. The number of nitrogens with one attached hydrogen (secondary N) is 1. The summed E-state index contributed by atoms with van der Waals surface area (Å²) in [7, 11) is 0. The lowest BCUT2D eigenvalue weighted by atomic mass is 9.62. The Hall–Kier alpha value is -1.10. The van der Waals surface area contributed by atoms with Gasteiger partial charge in [-0.1, -0.05) is 70.0 Å². The standard InChI is InChI=1S/C28H43ClN2O2.CH4/c29-26-13-12-22(9-6-16-31(17-18-32)24-10-2-1-3-11-24)19-25(26)27(33)30-21-28-14-4-7-23(20-28)8-5-15-28;/h12-13,19,23-24,32H,1-11,14-18,20-21H2,(H,30,33);1H4. The summed E-state index contributed by atoms with van der Waals surface area (Å²) in [5.74, 6) is 0.850. The molecular formula is C29H47ClN2O2. The summed E-state index contributed by atoms with van der Waals surface area (Å²) in [6, 6.07) is 6.56. The Morgan fingerprint density at radius 3 is 2.50 bits per heavy atom. The number of nitrogens with zero attached hydrogens (tertiary/aromatic N) is 1. The molecule has 1 amide bonds. The largest absolute Gasteiger partial charge is 0.395 e. The second kappa shape index (κ2) is 13.3. The number of carbonyl (C=O) groups is 1. The van der Waals surface area contributed by atoms with E-state index in [0.717, 1.165) is 38.4 Å². The molecule has 4 rings (SSSR count). The summed E-state index contributed by atoms with van der Waals surface area (Å²) < 4.78 is 0. The molecule has 1 aromatic rings. The van der Waals surface area contributed by atoms with Crippen molar-refractivity contribution in [2.45, 2.75) is 103 Å². The lowest BCUT2D eigenvalue weighted by Crippen LogP contribution is -2.43. The number of aliphatic hydroxyl groups excluding tert-OH is 1. The average Bonchev–Trinajstić information content (AvgIpc) is 2.84. The second-order valence-electron chi connectivity index (χ2n) is 11.0. The zero-order chi connectivity index (χ0) is 23.1. The Morgan fingerprint density at radius 2 is 1.79 bits per heavy atom. The fourth-order valence-corrected chi connectivity index (χ4v) is 7.08. The molecule has 3 aliphatic carbocycles. The second-order valence-corrected chi connectivity index (χ2v) is 11.4. The van der Waals surface area contributed by atoms with Crippen LogP contribution in [0.1, 0.15) is 107 Å². The zero-order valence-corrected chi connectivity index (χ0v) is 21.1. The Morgan fingerprint density at radius 1 is 1.06 bits per heavy atom. The monoisotopic (exact) mass is 490 g/mol. The third kappa shape index (κ3) is 7.21. The molecule has 0 heterocycles. The van der Waals surface area contributed by atoms with Crippen LogP contribution in [0.5, 0.6) is 0 Å². The molecule has 3 saturated carbocycles. The van der Waals surface area contributed by atoms with Crippen LogP contribution in [0.2, 0.25) is 5.02 Å². The highest BCUT2D eigenvalue weighted by atomic mass is 35.5. The van der Waals surface area contributed by atoms with Crippen LogP contribution in [0.15, 0.2) is 18.2 Å². The van der Waals surface area contributed by atoms with Gasteiger partial charge in [0.05, 0.1) is 17.2 Å². The molecule has 34 heavy (non-hydrogen) atoms. The van der Waals surface area contributed by atoms with Gasteiger partial charge < -0.3 is 10.4 Å². The highest BCUT2D eigenvalue weighted by Gasteiger charge is 2.39. The van der Waals surface area contributed by atoms with Gasteiger partial charge in [-0.3, -0.25) is 9.69 Å². The summed E-state index contributed by atoms with van der Waals surface area (Å²) in [5.41, 5.74) is 2.11. The van der Waals surface area contributed by atoms with Crippen LogP contribution in [-0.4, -0.2) is 48.2 Å². The van der Waals surface area contributed by atoms with Crippen LogP contribution >= 0.6 is 11.6 Å². The zero-order valence-electron chi connectivity index (χ0n) is 20.3. The van der Waals surface area contributed by atoms with E-state index >= 15 is 0 Å². The van der Waals surface area contributed by atoms with E-state index < -0.39 is 0 Å². The minimum atomic E-state index is -0.0203. The highest BCUT2D eigenvalue weighted by molar-refractivity contribution is 6.33. The Kier molecular flexibility index (Phi) is 10.7. The van der Waals surface area contributed by atoms with E-state index in [1.54, 1.807) is 0 Å². The van der Waals surface area contributed by atoms with Crippen LogP contribution in [0.25, 0.3) is 0 Å². The third-order valence-corrected chi connectivity index (χ3v) is 8.98. The van der Waals surface area contributed by atoms with Gasteiger partial charge in [0.1, 0.15) is 0 Å². The predicted octanol–water partition coefficient (Wildman–Crippen LogP) is 6.63. The molecule has 0 saturated heterocycles. The van der Waals surface area contributed by atoms with Gasteiger partial charge in [-0.25, -0.2) is 0 Å². The van der Waals surface area contributed by atoms with Crippen molar-refractivity contribution in [2.24, 2.45) is 11.3 Å². The Bertz CT molecular complexity index is 767. The lowest BCUT2D eigenvalue weighted by Gasteiger charge is -2.45. The smallest absolute Gasteiger partial charge is 0.252 e. The molecule has 0 spiro atoms. The van der Waals surface area contributed by atoms with E-state index in [2.05, 4.69) is 16.3 Å². The van der Waals surface area contributed by atoms with Gasteiger partial charge in [-0.05, 0) is 80.5 Å². The van der Waals surface area contributed by atoms with E-state index in [0.29, 0.717) is 22.0 Å². The van der Waals surface area contributed by atoms with Crippen LogP contribution in [0.3, 0.4) is 0 Å². The van der Waals surface area contributed by atoms with Crippen molar-refractivity contribution in [2.75, 3.05) is 26.2 Å². The first-order valence-corrected chi connectivity index (χ1v) is 13.9. The van der Waals surface area contributed by atoms with Crippen LogP contribution in [0, 0.1) is 11.3 Å². The number of aliphatic hydroxyl groups is 1. The van der Waals surface area contributed by atoms with Crippen molar-refractivity contribution in [3.05, 3.63) is 34.3 Å². The third-order valence-electron chi connectivity index (χ3n) is 8.65. The summed E-state index contributed by atoms with van der Waals surface area (Å²) in [6.45, 7) is 2.78. The first kappa shape index (κ1) is 27.5. The molecule has 3 fully saturated rings. The lowest BCUT2D eigenvalue weighted by molar-refractivity contribution is 0.0681. The minimum absolute atomic E-state index is 0. The fraction of sp³-hybridized carbons (Fsp3) is 0.759. The van der Waals surface area contributed by atoms with Gasteiger partial charge in [0, 0.05) is 19.1 Å². The van der Waals surface area contributed by atoms with Crippen LogP contribution in [0.4, 0.5) is 0 Å². The number of hydrogen-bond acceptors (Lipinski definition) is 3. The normalized spacial score (nSPS) is 25.1. The molecule has 3 aliphatic rings. The van der Waals surface area contributed by atoms with Crippen molar-refractivity contribution in [3.8, 4) is 0 Å². The molecule has 5 heteroatoms. The topological polar surface area (TPSA) is 52.6 Å². The molecule has 0 aliphatic heterocycles. The van der Waals surface area contributed by atoms with Gasteiger partial charge in [0.15, 0.2) is 0 Å². The van der Waals surface area contributed by atoms with E-state index in [1.807, 2.05) is 12.1 Å². The summed E-state index contributed by atoms with van der Waals surface area (Å²) in [6.07, 6.45) is 17.6.